The van der Waals surface area contributed by atoms with Gasteiger partial charge >= 0.3 is 0 Å². The summed E-state index contributed by atoms with van der Waals surface area (Å²) in [6.07, 6.45) is 7.08. The van der Waals surface area contributed by atoms with Crippen molar-refractivity contribution in [3.63, 3.8) is 0 Å². The lowest BCUT2D eigenvalue weighted by molar-refractivity contribution is -0.122. The van der Waals surface area contributed by atoms with Gasteiger partial charge in [0.25, 0.3) is 0 Å². The van der Waals surface area contributed by atoms with Crippen molar-refractivity contribution in [2.45, 2.75) is 39.2 Å². The molecule has 0 unspecified atom stereocenters. The second-order valence-electron chi connectivity index (χ2n) is 4.71. The maximum atomic E-state index is 11.8. The summed E-state index contributed by atoms with van der Waals surface area (Å²) < 4.78 is 5.49. The van der Waals surface area contributed by atoms with E-state index in [4.69, 9.17) is 4.42 Å². The van der Waals surface area contributed by atoms with E-state index in [1.165, 1.54) is 0 Å². The van der Waals surface area contributed by atoms with Crippen molar-refractivity contribution in [3.8, 4) is 0 Å². The van der Waals surface area contributed by atoms with Crippen molar-refractivity contribution in [1.82, 2.24) is 5.32 Å². The zero-order valence-electron chi connectivity index (χ0n) is 10.4. The molecule has 1 aliphatic carbocycles. The minimum atomic E-state index is -0.0541. The van der Waals surface area contributed by atoms with Crippen molar-refractivity contribution >= 4 is 5.91 Å². The van der Waals surface area contributed by atoms with Crippen LogP contribution in [-0.4, -0.2) is 5.91 Å². The molecule has 1 heterocycles. The first-order valence-electron chi connectivity index (χ1n) is 6.17. The number of furan rings is 1. The molecule has 92 valence electrons. The van der Waals surface area contributed by atoms with E-state index in [2.05, 4.69) is 17.5 Å². The number of amides is 1. The molecule has 1 amide bonds. The summed E-state index contributed by atoms with van der Waals surface area (Å²) in [5.74, 6) is 2.21. The highest BCUT2D eigenvalue weighted by Gasteiger charge is 2.17. The summed E-state index contributed by atoms with van der Waals surface area (Å²) in [5.41, 5.74) is 0. The van der Waals surface area contributed by atoms with Gasteiger partial charge in [0.1, 0.15) is 11.5 Å². The molecule has 0 aromatic carbocycles. The minimum absolute atomic E-state index is 0.0541. The predicted molar refractivity (Wildman–Crippen MR) is 66.5 cm³/mol. The van der Waals surface area contributed by atoms with Crippen molar-refractivity contribution in [2.24, 2.45) is 5.92 Å². The Labute approximate surface area is 102 Å². The van der Waals surface area contributed by atoms with Gasteiger partial charge in [-0.25, -0.2) is 0 Å². The number of carbonyl (C=O) groups is 1. The largest absolute Gasteiger partial charge is 0.464 e. The van der Waals surface area contributed by atoms with Crippen molar-refractivity contribution in [3.05, 3.63) is 35.8 Å². The van der Waals surface area contributed by atoms with E-state index < -0.39 is 0 Å². The first-order valence-corrected chi connectivity index (χ1v) is 6.17. The molecule has 2 atom stereocenters. The monoisotopic (exact) mass is 233 g/mol. The third-order valence-corrected chi connectivity index (χ3v) is 3.13. The molecule has 1 aliphatic rings. The Morgan fingerprint density at radius 1 is 1.59 bits per heavy atom. The van der Waals surface area contributed by atoms with Gasteiger partial charge in [0.05, 0.1) is 6.04 Å². The Hall–Kier alpha value is -1.51. The second kappa shape index (κ2) is 5.21. The third kappa shape index (κ3) is 3.22. The summed E-state index contributed by atoms with van der Waals surface area (Å²) in [6.45, 7) is 3.85. The molecule has 0 saturated heterocycles. The van der Waals surface area contributed by atoms with Crippen LogP contribution in [0.2, 0.25) is 0 Å². The molecule has 0 aliphatic heterocycles. The Morgan fingerprint density at radius 3 is 3.00 bits per heavy atom. The molecule has 0 radical (unpaired) electrons. The van der Waals surface area contributed by atoms with Gasteiger partial charge in [-0.3, -0.25) is 4.79 Å². The first kappa shape index (κ1) is 12.0. The van der Waals surface area contributed by atoms with Gasteiger partial charge in [0, 0.05) is 6.42 Å². The van der Waals surface area contributed by atoms with Crippen LogP contribution in [0.3, 0.4) is 0 Å². The summed E-state index contributed by atoms with van der Waals surface area (Å²) in [6, 6.07) is 3.77. The highest BCUT2D eigenvalue weighted by Crippen LogP contribution is 2.21. The van der Waals surface area contributed by atoms with Crippen LogP contribution in [0.25, 0.3) is 0 Å². The van der Waals surface area contributed by atoms with Gasteiger partial charge in [-0.15, -0.1) is 0 Å². The van der Waals surface area contributed by atoms with Crippen molar-refractivity contribution < 1.29 is 9.21 Å². The third-order valence-electron chi connectivity index (χ3n) is 3.13. The fourth-order valence-electron chi connectivity index (χ4n) is 2.16. The Bertz CT molecular complexity index is 420. The molecular formula is C14H19NO2. The zero-order valence-corrected chi connectivity index (χ0v) is 10.4. The Balaban J connectivity index is 1.83. The number of hydrogen-bond acceptors (Lipinski definition) is 2. The average Bonchev–Trinajstić information content (AvgIpc) is 2.89. The molecule has 1 aromatic heterocycles. The van der Waals surface area contributed by atoms with Gasteiger partial charge in [-0.05, 0) is 44.7 Å². The summed E-state index contributed by atoms with van der Waals surface area (Å²) in [7, 11) is 0. The van der Waals surface area contributed by atoms with Gasteiger partial charge < -0.3 is 9.73 Å². The lowest BCUT2D eigenvalue weighted by atomic mass is 10.0. The minimum Gasteiger partial charge on any atom is -0.464 e. The predicted octanol–water partition coefficient (Wildman–Crippen LogP) is 3.12. The number of rotatable bonds is 4. The summed E-state index contributed by atoms with van der Waals surface area (Å²) in [5, 5.41) is 2.97. The van der Waals surface area contributed by atoms with E-state index in [0.29, 0.717) is 12.3 Å². The molecule has 3 heteroatoms. The fourth-order valence-corrected chi connectivity index (χ4v) is 2.16. The van der Waals surface area contributed by atoms with Crippen molar-refractivity contribution in [1.29, 1.82) is 0 Å². The molecular weight excluding hydrogens is 214 g/mol. The SMILES string of the molecule is Cc1ccc([C@@H](C)NC(=O)C[C@H]2C=CCC2)o1. The van der Waals surface area contributed by atoms with Crippen LogP contribution in [0.5, 0.6) is 0 Å². The fraction of sp³-hybridized carbons (Fsp3) is 0.500. The van der Waals surface area contributed by atoms with Crippen LogP contribution in [-0.2, 0) is 4.79 Å². The molecule has 3 nitrogen and oxygen atoms in total. The van der Waals surface area contributed by atoms with Crippen LogP contribution in [0.15, 0.2) is 28.7 Å². The van der Waals surface area contributed by atoms with Crippen LogP contribution in [0.1, 0.15) is 43.7 Å². The molecule has 17 heavy (non-hydrogen) atoms. The molecule has 2 rings (SSSR count). The van der Waals surface area contributed by atoms with E-state index in [0.717, 1.165) is 24.4 Å². The summed E-state index contributed by atoms with van der Waals surface area (Å²) in [4.78, 5) is 11.8. The number of carbonyl (C=O) groups excluding carboxylic acids is 1. The van der Waals surface area contributed by atoms with Crippen LogP contribution < -0.4 is 5.32 Å². The second-order valence-corrected chi connectivity index (χ2v) is 4.71. The molecule has 0 spiro atoms. The van der Waals surface area contributed by atoms with Gasteiger partial charge in [0.15, 0.2) is 0 Å². The topological polar surface area (TPSA) is 42.2 Å². The van der Waals surface area contributed by atoms with Gasteiger partial charge in [0.2, 0.25) is 5.91 Å². The maximum Gasteiger partial charge on any atom is 0.221 e. The smallest absolute Gasteiger partial charge is 0.221 e. The maximum absolute atomic E-state index is 11.8. The number of allylic oxidation sites excluding steroid dienone is 2. The van der Waals surface area contributed by atoms with E-state index in [1.807, 2.05) is 26.0 Å². The highest BCUT2D eigenvalue weighted by atomic mass is 16.3. The van der Waals surface area contributed by atoms with Crippen LogP contribution >= 0.6 is 0 Å². The van der Waals surface area contributed by atoms with Crippen LogP contribution in [0.4, 0.5) is 0 Å². The molecule has 0 bridgehead atoms. The van der Waals surface area contributed by atoms with Gasteiger partial charge in [-0.1, -0.05) is 12.2 Å². The Morgan fingerprint density at radius 2 is 2.41 bits per heavy atom. The van der Waals surface area contributed by atoms with E-state index in [-0.39, 0.29) is 11.9 Å². The van der Waals surface area contributed by atoms with Crippen LogP contribution in [0, 0.1) is 12.8 Å². The first-order chi connectivity index (χ1) is 8.15. The zero-order chi connectivity index (χ0) is 12.3. The highest BCUT2D eigenvalue weighted by molar-refractivity contribution is 5.76. The molecule has 1 aromatic rings. The molecule has 0 fully saturated rings. The summed E-state index contributed by atoms with van der Waals surface area (Å²) >= 11 is 0. The molecule has 1 N–H and O–H groups in total. The molecule has 0 saturated carbocycles. The van der Waals surface area contributed by atoms with Crippen molar-refractivity contribution in [2.75, 3.05) is 0 Å². The van der Waals surface area contributed by atoms with E-state index >= 15 is 0 Å². The quantitative estimate of drug-likeness (QED) is 0.812. The number of hydrogen-bond donors (Lipinski definition) is 1. The average molecular weight is 233 g/mol. The van der Waals surface area contributed by atoms with Gasteiger partial charge in [-0.2, -0.15) is 0 Å². The number of nitrogens with one attached hydrogen (secondary N) is 1. The lowest BCUT2D eigenvalue weighted by Gasteiger charge is -2.13. The normalized spacial score (nSPS) is 20.5. The Kier molecular flexibility index (Phi) is 3.67. The lowest BCUT2D eigenvalue weighted by Crippen LogP contribution is -2.27. The van der Waals surface area contributed by atoms with E-state index in [1.54, 1.807) is 0 Å². The standard InChI is InChI=1S/C14H19NO2/c1-10-7-8-13(17-10)11(2)15-14(16)9-12-5-3-4-6-12/h3,5,7-8,11-12H,4,6,9H2,1-2H3,(H,15,16)/t11-,12+/m1/s1. The number of aryl methyl sites for hydroxylation is 1. The van der Waals surface area contributed by atoms with E-state index in [9.17, 15) is 4.79 Å².